The first kappa shape index (κ1) is 11.5. The van der Waals surface area contributed by atoms with Crippen LogP contribution >= 0.6 is 0 Å². The van der Waals surface area contributed by atoms with Crippen LogP contribution in [0.15, 0.2) is 63.8 Å². The Bertz CT molecular complexity index is 827. The third kappa shape index (κ3) is 1.76. The summed E-state index contributed by atoms with van der Waals surface area (Å²) >= 11 is 0. The zero-order valence-electron chi connectivity index (χ0n) is 11.0. The maximum Gasteiger partial charge on any atom is 0.344 e. The van der Waals surface area contributed by atoms with E-state index in [9.17, 15) is 4.79 Å². The molecule has 20 heavy (non-hydrogen) atoms. The van der Waals surface area contributed by atoms with Crippen molar-refractivity contribution in [1.29, 1.82) is 0 Å². The normalized spacial score (nSPS) is 14.6. The van der Waals surface area contributed by atoms with E-state index in [0.29, 0.717) is 11.3 Å². The van der Waals surface area contributed by atoms with E-state index in [1.165, 1.54) is 18.4 Å². The molecule has 0 spiro atoms. The first-order valence-corrected chi connectivity index (χ1v) is 6.96. The van der Waals surface area contributed by atoms with Crippen molar-refractivity contribution >= 4 is 10.8 Å². The summed E-state index contributed by atoms with van der Waals surface area (Å²) in [5.41, 5.74) is 1.94. The van der Waals surface area contributed by atoms with Crippen LogP contribution in [0, 0.1) is 0 Å². The van der Waals surface area contributed by atoms with Crippen LogP contribution < -0.4 is 5.63 Å². The van der Waals surface area contributed by atoms with Crippen molar-refractivity contribution in [1.82, 2.24) is 0 Å². The summed E-state index contributed by atoms with van der Waals surface area (Å²) in [5.74, 6) is 1.27. The molecule has 0 unspecified atom stereocenters. The largest absolute Gasteiger partial charge is 0.422 e. The zero-order chi connectivity index (χ0) is 13.5. The average Bonchev–Trinajstić information content (AvgIpc) is 3.33. The van der Waals surface area contributed by atoms with Gasteiger partial charge in [0.2, 0.25) is 0 Å². The Morgan fingerprint density at radius 1 is 0.850 bits per heavy atom. The fourth-order valence-corrected chi connectivity index (χ4v) is 2.80. The summed E-state index contributed by atoms with van der Waals surface area (Å²) in [6.45, 7) is 0. The molecule has 4 rings (SSSR count). The van der Waals surface area contributed by atoms with Gasteiger partial charge in [-0.25, -0.2) is 4.79 Å². The molecular formula is C18H14O2. The molecular weight excluding hydrogens is 248 g/mol. The molecule has 0 aliphatic heterocycles. The van der Waals surface area contributed by atoms with Gasteiger partial charge >= 0.3 is 5.63 Å². The quantitative estimate of drug-likeness (QED) is 0.687. The van der Waals surface area contributed by atoms with Gasteiger partial charge in [0.15, 0.2) is 0 Å². The van der Waals surface area contributed by atoms with Gasteiger partial charge in [-0.2, -0.15) is 0 Å². The predicted molar refractivity (Wildman–Crippen MR) is 79.9 cm³/mol. The predicted octanol–water partition coefficient (Wildman–Crippen LogP) is 4.34. The highest BCUT2D eigenvalue weighted by atomic mass is 16.4. The van der Waals surface area contributed by atoms with Crippen LogP contribution in [0.1, 0.15) is 24.3 Å². The van der Waals surface area contributed by atoms with Gasteiger partial charge in [-0.05, 0) is 30.2 Å². The standard InChI is InChI=1S/C18H14O2/c19-18-15-9-5-4-8-14(15)16(12-10-11-12)17(20-18)13-6-2-1-3-7-13/h1-9,12H,10-11H2. The summed E-state index contributed by atoms with van der Waals surface area (Å²) in [6, 6.07) is 17.7. The first-order chi connectivity index (χ1) is 9.84. The van der Waals surface area contributed by atoms with Crippen molar-refractivity contribution < 1.29 is 4.42 Å². The molecule has 2 nitrogen and oxygen atoms in total. The summed E-state index contributed by atoms with van der Waals surface area (Å²) in [6.07, 6.45) is 2.36. The van der Waals surface area contributed by atoms with E-state index in [1.807, 2.05) is 54.6 Å². The Hall–Kier alpha value is -2.35. The first-order valence-electron chi connectivity index (χ1n) is 6.96. The molecule has 2 aromatic carbocycles. The van der Waals surface area contributed by atoms with Crippen molar-refractivity contribution in [3.05, 3.63) is 70.6 Å². The second-order valence-electron chi connectivity index (χ2n) is 5.32. The van der Waals surface area contributed by atoms with Gasteiger partial charge in [-0.1, -0.05) is 48.5 Å². The smallest absolute Gasteiger partial charge is 0.344 e. The molecule has 1 fully saturated rings. The number of hydrogen-bond donors (Lipinski definition) is 0. The van der Waals surface area contributed by atoms with Crippen LogP contribution in [-0.2, 0) is 0 Å². The zero-order valence-corrected chi connectivity index (χ0v) is 11.0. The second kappa shape index (κ2) is 4.34. The minimum atomic E-state index is -0.246. The van der Waals surface area contributed by atoms with E-state index in [-0.39, 0.29) is 5.63 Å². The molecule has 0 atom stereocenters. The lowest BCUT2D eigenvalue weighted by atomic mass is 9.98. The fraction of sp³-hybridized carbons (Fsp3) is 0.167. The molecule has 0 N–H and O–H groups in total. The lowest BCUT2D eigenvalue weighted by Gasteiger charge is -2.10. The van der Waals surface area contributed by atoms with Gasteiger partial charge < -0.3 is 4.42 Å². The van der Waals surface area contributed by atoms with Gasteiger partial charge in [0.25, 0.3) is 0 Å². The molecule has 98 valence electrons. The van der Waals surface area contributed by atoms with E-state index in [1.54, 1.807) is 0 Å². The lowest BCUT2D eigenvalue weighted by Crippen LogP contribution is -2.04. The molecule has 2 heteroatoms. The van der Waals surface area contributed by atoms with Crippen molar-refractivity contribution in [2.75, 3.05) is 0 Å². The third-order valence-electron chi connectivity index (χ3n) is 3.90. The van der Waals surface area contributed by atoms with Crippen LogP contribution in [0.4, 0.5) is 0 Å². The summed E-state index contributed by atoms with van der Waals surface area (Å²) in [4.78, 5) is 12.2. The summed E-state index contributed by atoms with van der Waals surface area (Å²) < 4.78 is 5.65. The van der Waals surface area contributed by atoms with Gasteiger partial charge in [-0.15, -0.1) is 0 Å². The number of fused-ring (bicyclic) bond motifs is 1. The highest BCUT2D eigenvalue weighted by molar-refractivity contribution is 5.89. The highest BCUT2D eigenvalue weighted by Crippen LogP contribution is 2.46. The Labute approximate surface area is 116 Å². The van der Waals surface area contributed by atoms with Crippen molar-refractivity contribution in [3.63, 3.8) is 0 Å². The highest BCUT2D eigenvalue weighted by Gasteiger charge is 2.30. The van der Waals surface area contributed by atoms with E-state index in [4.69, 9.17) is 4.42 Å². The van der Waals surface area contributed by atoms with Crippen LogP contribution in [0.25, 0.3) is 22.1 Å². The minimum absolute atomic E-state index is 0.246. The van der Waals surface area contributed by atoms with Crippen LogP contribution in [0.5, 0.6) is 0 Å². The maximum absolute atomic E-state index is 12.2. The van der Waals surface area contributed by atoms with Crippen LogP contribution in [-0.4, -0.2) is 0 Å². The number of rotatable bonds is 2. The Morgan fingerprint density at radius 2 is 1.50 bits per heavy atom. The van der Waals surface area contributed by atoms with Crippen LogP contribution in [0.3, 0.4) is 0 Å². The molecule has 3 aromatic rings. The fourth-order valence-electron chi connectivity index (χ4n) is 2.80. The molecule has 1 heterocycles. The Morgan fingerprint density at radius 3 is 2.20 bits per heavy atom. The Kier molecular flexibility index (Phi) is 2.49. The van der Waals surface area contributed by atoms with Crippen molar-refractivity contribution in [2.24, 2.45) is 0 Å². The minimum Gasteiger partial charge on any atom is -0.422 e. The molecule has 1 aliphatic rings. The third-order valence-corrected chi connectivity index (χ3v) is 3.90. The number of benzene rings is 2. The molecule has 0 saturated heterocycles. The van der Waals surface area contributed by atoms with E-state index in [2.05, 4.69) is 0 Å². The number of hydrogen-bond acceptors (Lipinski definition) is 2. The average molecular weight is 262 g/mol. The SMILES string of the molecule is O=c1oc(-c2ccccc2)c(C2CC2)c2ccccc12. The van der Waals surface area contributed by atoms with Crippen molar-refractivity contribution in [3.8, 4) is 11.3 Å². The van der Waals surface area contributed by atoms with Crippen LogP contribution in [0.2, 0.25) is 0 Å². The summed E-state index contributed by atoms with van der Waals surface area (Å²) in [7, 11) is 0. The lowest BCUT2D eigenvalue weighted by molar-refractivity contribution is 0.529. The van der Waals surface area contributed by atoms with Crippen molar-refractivity contribution in [2.45, 2.75) is 18.8 Å². The molecule has 1 aliphatic carbocycles. The monoisotopic (exact) mass is 262 g/mol. The molecule has 1 saturated carbocycles. The molecule has 0 bridgehead atoms. The second-order valence-corrected chi connectivity index (χ2v) is 5.32. The van der Waals surface area contributed by atoms with Gasteiger partial charge in [0.05, 0.1) is 5.39 Å². The van der Waals surface area contributed by atoms with E-state index in [0.717, 1.165) is 16.7 Å². The van der Waals surface area contributed by atoms with Gasteiger partial charge in [0.1, 0.15) is 5.76 Å². The topological polar surface area (TPSA) is 30.2 Å². The molecule has 1 aromatic heterocycles. The van der Waals surface area contributed by atoms with E-state index >= 15 is 0 Å². The molecule has 0 radical (unpaired) electrons. The summed E-state index contributed by atoms with van der Waals surface area (Å²) in [5, 5.41) is 1.74. The Balaban J connectivity index is 2.11. The molecule has 0 amide bonds. The van der Waals surface area contributed by atoms with Gasteiger partial charge in [0, 0.05) is 11.1 Å². The maximum atomic E-state index is 12.2. The van der Waals surface area contributed by atoms with Gasteiger partial charge in [-0.3, -0.25) is 0 Å². The van der Waals surface area contributed by atoms with E-state index < -0.39 is 0 Å².